The number of halogens is 2. The number of aromatic hydroxyl groups is 1. The molecule has 0 radical (unpaired) electrons. The second kappa shape index (κ2) is 6.39. The summed E-state index contributed by atoms with van der Waals surface area (Å²) in [6.07, 6.45) is 0.591. The summed E-state index contributed by atoms with van der Waals surface area (Å²) < 4.78 is 13.5. The zero-order valence-corrected chi connectivity index (χ0v) is 11.3. The maximum Gasteiger partial charge on any atom is 0.254 e. The molecule has 2 aromatic carbocycles. The topological polar surface area (TPSA) is 49.3 Å². The van der Waals surface area contributed by atoms with Crippen LogP contribution in [-0.2, 0) is 6.42 Å². The van der Waals surface area contributed by atoms with E-state index in [-0.39, 0.29) is 11.3 Å². The Morgan fingerprint density at radius 1 is 1.20 bits per heavy atom. The van der Waals surface area contributed by atoms with E-state index in [1.54, 1.807) is 24.3 Å². The molecule has 0 fully saturated rings. The van der Waals surface area contributed by atoms with Crippen molar-refractivity contribution in [2.24, 2.45) is 0 Å². The predicted molar refractivity (Wildman–Crippen MR) is 75.6 cm³/mol. The molecule has 0 heterocycles. The first-order valence-corrected chi connectivity index (χ1v) is 6.45. The van der Waals surface area contributed by atoms with Crippen LogP contribution in [0.15, 0.2) is 42.5 Å². The van der Waals surface area contributed by atoms with Crippen LogP contribution in [0.25, 0.3) is 0 Å². The van der Waals surface area contributed by atoms with Crippen LogP contribution in [0.4, 0.5) is 4.39 Å². The smallest absolute Gasteiger partial charge is 0.254 e. The Bertz CT molecular complexity index is 614. The van der Waals surface area contributed by atoms with Gasteiger partial charge in [0.05, 0.1) is 5.56 Å². The molecule has 0 spiro atoms. The van der Waals surface area contributed by atoms with Gasteiger partial charge in [-0.05, 0) is 42.3 Å². The highest BCUT2D eigenvalue weighted by atomic mass is 35.5. The zero-order chi connectivity index (χ0) is 14.5. The lowest BCUT2D eigenvalue weighted by Crippen LogP contribution is -2.26. The van der Waals surface area contributed by atoms with Crippen molar-refractivity contribution in [2.75, 3.05) is 6.54 Å². The highest BCUT2D eigenvalue weighted by Gasteiger charge is 2.11. The maximum atomic E-state index is 13.5. The molecule has 2 aromatic rings. The molecule has 0 saturated heterocycles. The number of hydrogen-bond acceptors (Lipinski definition) is 2. The molecule has 3 nitrogen and oxygen atoms in total. The first-order valence-electron chi connectivity index (χ1n) is 6.07. The third-order valence-electron chi connectivity index (χ3n) is 2.81. The monoisotopic (exact) mass is 293 g/mol. The normalized spacial score (nSPS) is 10.3. The van der Waals surface area contributed by atoms with E-state index >= 15 is 0 Å². The molecule has 20 heavy (non-hydrogen) atoms. The first kappa shape index (κ1) is 14.3. The molecule has 0 atom stereocenters. The van der Waals surface area contributed by atoms with E-state index in [1.807, 2.05) is 0 Å². The Kier molecular flexibility index (Phi) is 4.58. The lowest BCUT2D eigenvalue weighted by atomic mass is 10.1. The van der Waals surface area contributed by atoms with E-state index in [2.05, 4.69) is 5.32 Å². The second-order valence-electron chi connectivity index (χ2n) is 4.30. The van der Waals surface area contributed by atoms with E-state index in [0.29, 0.717) is 18.0 Å². The molecule has 0 saturated carbocycles. The van der Waals surface area contributed by atoms with E-state index in [0.717, 1.165) is 11.6 Å². The van der Waals surface area contributed by atoms with Gasteiger partial charge in [-0.3, -0.25) is 4.79 Å². The largest absolute Gasteiger partial charge is 0.508 e. The van der Waals surface area contributed by atoms with Crippen molar-refractivity contribution >= 4 is 17.5 Å². The molecule has 104 valence electrons. The second-order valence-corrected chi connectivity index (χ2v) is 4.73. The summed E-state index contributed by atoms with van der Waals surface area (Å²) >= 11 is 5.74. The number of carbonyl (C=O) groups excluding carboxylic acids is 1. The number of benzene rings is 2. The molecule has 0 aliphatic heterocycles. The summed E-state index contributed by atoms with van der Waals surface area (Å²) in [5.41, 5.74) is 0.901. The Morgan fingerprint density at radius 2 is 1.90 bits per heavy atom. The third-order valence-corrected chi connectivity index (χ3v) is 3.04. The van der Waals surface area contributed by atoms with E-state index < -0.39 is 11.7 Å². The van der Waals surface area contributed by atoms with Crippen LogP contribution in [0, 0.1) is 5.82 Å². The number of nitrogens with one attached hydrogen (secondary N) is 1. The van der Waals surface area contributed by atoms with Crippen LogP contribution in [0.3, 0.4) is 0 Å². The summed E-state index contributed by atoms with van der Waals surface area (Å²) in [6, 6.07) is 10.5. The summed E-state index contributed by atoms with van der Waals surface area (Å²) in [5, 5.41) is 12.1. The van der Waals surface area contributed by atoms with Gasteiger partial charge in [0.15, 0.2) is 0 Å². The molecule has 1 amide bonds. The average molecular weight is 294 g/mol. The average Bonchev–Trinajstić information content (AvgIpc) is 2.43. The van der Waals surface area contributed by atoms with Gasteiger partial charge in [-0.15, -0.1) is 0 Å². The molecule has 0 aliphatic carbocycles. The number of phenols is 1. The van der Waals surface area contributed by atoms with Crippen molar-refractivity contribution in [1.82, 2.24) is 5.32 Å². The van der Waals surface area contributed by atoms with Gasteiger partial charge in [-0.25, -0.2) is 4.39 Å². The number of rotatable bonds is 4. The SMILES string of the molecule is O=C(NCCc1ccc(O)cc1)c1cc(Cl)ccc1F. The molecule has 0 bridgehead atoms. The minimum absolute atomic E-state index is 0.0665. The molecule has 0 aliphatic rings. The molecular formula is C15H13ClFNO2. The van der Waals surface area contributed by atoms with Crippen LogP contribution in [0.5, 0.6) is 5.75 Å². The standard InChI is InChI=1S/C15H13ClFNO2/c16-11-3-6-14(17)13(9-11)15(20)18-8-7-10-1-4-12(19)5-2-10/h1-6,9,19H,7-8H2,(H,18,20). The van der Waals surface area contributed by atoms with Crippen LogP contribution in [-0.4, -0.2) is 17.6 Å². The summed E-state index contributed by atoms with van der Waals surface area (Å²) in [5.74, 6) is -0.904. The zero-order valence-electron chi connectivity index (χ0n) is 10.6. The fourth-order valence-corrected chi connectivity index (χ4v) is 1.92. The van der Waals surface area contributed by atoms with Gasteiger partial charge in [0.2, 0.25) is 0 Å². The summed E-state index contributed by atoms with van der Waals surface area (Å²) in [6.45, 7) is 0.371. The van der Waals surface area contributed by atoms with Crippen molar-refractivity contribution in [2.45, 2.75) is 6.42 Å². The van der Waals surface area contributed by atoms with Gasteiger partial charge in [0.25, 0.3) is 5.91 Å². The van der Waals surface area contributed by atoms with Gasteiger partial charge >= 0.3 is 0 Å². The van der Waals surface area contributed by atoms with E-state index in [1.165, 1.54) is 12.1 Å². The van der Waals surface area contributed by atoms with Crippen molar-refractivity contribution in [1.29, 1.82) is 0 Å². The number of carbonyl (C=O) groups is 1. The van der Waals surface area contributed by atoms with Crippen LogP contribution in [0.1, 0.15) is 15.9 Å². The Labute approximate surface area is 121 Å². The molecule has 2 rings (SSSR count). The summed E-state index contributed by atoms with van der Waals surface area (Å²) in [7, 11) is 0. The Hall–Kier alpha value is -2.07. The molecule has 0 unspecified atom stereocenters. The number of hydrogen-bond donors (Lipinski definition) is 2. The lowest BCUT2D eigenvalue weighted by molar-refractivity contribution is 0.0950. The van der Waals surface area contributed by atoms with Crippen LogP contribution < -0.4 is 5.32 Å². The molecular weight excluding hydrogens is 281 g/mol. The molecule has 0 aromatic heterocycles. The minimum atomic E-state index is -0.600. The van der Waals surface area contributed by atoms with Gasteiger partial charge in [0.1, 0.15) is 11.6 Å². The minimum Gasteiger partial charge on any atom is -0.508 e. The molecule has 2 N–H and O–H groups in total. The van der Waals surface area contributed by atoms with E-state index in [9.17, 15) is 9.18 Å². The van der Waals surface area contributed by atoms with Crippen LogP contribution in [0.2, 0.25) is 5.02 Å². The number of phenolic OH excluding ortho intramolecular Hbond substituents is 1. The van der Waals surface area contributed by atoms with Gasteiger partial charge in [-0.1, -0.05) is 23.7 Å². The quantitative estimate of drug-likeness (QED) is 0.910. The Morgan fingerprint density at radius 3 is 2.60 bits per heavy atom. The van der Waals surface area contributed by atoms with Gasteiger partial charge < -0.3 is 10.4 Å². The van der Waals surface area contributed by atoms with Crippen molar-refractivity contribution in [3.05, 3.63) is 64.4 Å². The fraction of sp³-hybridized carbons (Fsp3) is 0.133. The van der Waals surface area contributed by atoms with Crippen LogP contribution >= 0.6 is 11.6 Å². The molecule has 5 heteroatoms. The maximum absolute atomic E-state index is 13.5. The van der Waals surface area contributed by atoms with Crippen molar-refractivity contribution in [3.63, 3.8) is 0 Å². The predicted octanol–water partition coefficient (Wildman–Crippen LogP) is 3.16. The highest BCUT2D eigenvalue weighted by molar-refractivity contribution is 6.30. The first-order chi connectivity index (χ1) is 9.56. The van der Waals surface area contributed by atoms with Crippen molar-refractivity contribution < 1.29 is 14.3 Å². The fourth-order valence-electron chi connectivity index (χ4n) is 1.75. The van der Waals surface area contributed by atoms with Crippen molar-refractivity contribution in [3.8, 4) is 5.75 Å². The third kappa shape index (κ3) is 3.71. The number of amides is 1. The Balaban J connectivity index is 1.92. The lowest BCUT2D eigenvalue weighted by Gasteiger charge is -2.07. The summed E-state index contributed by atoms with van der Waals surface area (Å²) in [4.78, 5) is 11.8. The van der Waals surface area contributed by atoms with E-state index in [4.69, 9.17) is 16.7 Å². The highest BCUT2D eigenvalue weighted by Crippen LogP contribution is 2.15. The van der Waals surface area contributed by atoms with Gasteiger partial charge in [-0.2, -0.15) is 0 Å². The van der Waals surface area contributed by atoms with Gasteiger partial charge in [0, 0.05) is 11.6 Å².